The van der Waals surface area contributed by atoms with E-state index < -0.39 is 0 Å². The predicted molar refractivity (Wildman–Crippen MR) is 140 cm³/mol. The monoisotopic (exact) mass is 472 g/mol. The number of thiophene rings is 1. The van der Waals surface area contributed by atoms with Gasteiger partial charge < -0.3 is 9.80 Å². The Morgan fingerprint density at radius 3 is 2.56 bits per heavy atom. The normalized spacial score (nSPS) is 16.3. The molecule has 0 radical (unpaired) electrons. The van der Waals surface area contributed by atoms with Crippen molar-refractivity contribution < 1.29 is 9.59 Å². The number of hydrogen-bond acceptors (Lipinski definition) is 3. The number of amides is 2. The molecule has 1 aliphatic heterocycles. The molecule has 2 atom stereocenters. The van der Waals surface area contributed by atoms with Crippen LogP contribution in [0.2, 0.25) is 0 Å². The van der Waals surface area contributed by atoms with Gasteiger partial charge in [0.1, 0.15) is 6.54 Å². The highest BCUT2D eigenvalue weighted by Gasteiger charge is 2.34. The van der Waals surface area contributed by atoms with E-state index in [1.165, 1.54) is 16.0 Å². The number of nitrogens with zero attached hydrogens (tertiary/aromatic N) is 2. The van der Waals surface area contributed by atoms with Crippen LogP contribution >= 0.6 is 11.3 Å². The van der Waals surface area contributed by atoms with Gasteiger partial charge in [0.2, 0.25) is 11.8 Å². The highest BCUT2D eigenvalue weighted by atomic mass is 32.1. The molecular weight excluding hydrogens is 440 g/mol. The summed E-state index contributed by atoms with van der Waals surface area (Å²) in [5.41, 5.74) is 4.48. The minimum absolute atomic E-state index is 0.0100. The number of rotatable bonds is 7. The molecule has 0 spiro atoms. The van der Waals surface area contributed by atoms with Gasteiger partial charge in [-0.1, -0.05) is 67.1 Å². The van der Waals surface area contributed by atoms with Crippen LogP contribution in [-0.4, -0.2) is 40.7 Å². The molecule has 2 amide bonds. The van der Waals surface area contributed by atoms with Gasteiger partial charge in [0.15, 0.2) is 0 Å². The molecule has 2 aromatic carbocycles. The van der Waals surface area contributed by atoms with Crippen LogP contribution in [0.4, 0.5) is 0 Å². The Labute approximate surface area is 206 Å². The molecule has 0 saturated heterocycles. The van der Waals surface area contributed by atoms with Crippen molar-refractivity contribution in [1.82, 2.24) is 9.80 Å². The SMILES string of the molecule is CCC(C)N(CC(=O)N1CCc2sccc2C1c1ccc(C)cc1)C(=O)C=Cc1ccccc1. The van der Waals surface area contributed by atoms with E-state index in [2.05, 4.69) is 42.6 Å². The number of benzene rings is 2. The van der Waals surface area contributed by atoms with E-state index in [0.717, 1.165) is 24.0 Å². The minimum Gasteiger partial charge on any atom is -0.330 e. The van der Waals surface area contributed by atoms with Crippen molar-refractivity contribution in [1.29, 1.82) is 0 Å². The lowest BCUT2D eigenvalue weighted by Gasteiger charge is -2.38. The van der Waals surface area contributed by atoms with Gasteiger partial charge >= 0.3 is 0 Å². The molecule has 4 nitrogen and oxygen atoms in total. The number of carbonyl (C=O) groups is 2. The second kappa shape index (κ2) is 10.8. The fourth-order valence-corrected chi connectivity index (χ4v) is 5.33. The van der Waals surface area contributed by atoms with Gasteiger partial charge in [0.05, 0.1) is 6.04 Å². The summed E-state index contributed by atoms with van der Waals surface area (Å²) in [6.45, 7) is 6.86. The first-order valence-corrected chi connectivity index (χ1v) is 12.8. The largest absolute Gasteiger partial charge is 0.330 e. The summed E-state index contributed by atoms with van der Waals surface area (Å²) < 4.78 is 0. The van der Waals surface area contributed by atoms with Crippen molar-refractivity contribution in [2.75, 3.05) is 13.1 Å². The highest BCUT2D eigenvalue weighted by Crippen LogP contribution is 2.38. The summed E-state index contributed by atoms with van der Waals surface area (Å²) in [5.74, 6) is -0.143. The number of fused-ring (bicyclic) bond motifs is 1. The lowest BCUT2D eigenvalue weighted by molar-refractivity contribution is -0.141. The molecule has 0 bridgehead atoms. The van der Waals surface area contributed by atoms with Gasteiger partial charge in [-0.15, -0.1) is 11.3 Å². The van der Waals surface area contributed by atoms with Crippen molar-refractivity contribution in [3.63, 3.8) is 0 Å². The molecule has 176 valence electrons. The minimum atomic E-state index is -0.133. The maximum atomic E-state index is 13.7. The predicted octanol–water partition coefficient (Wildman–Crippen LogP) is 5.87. The number of aryl methyl sites for hydroxylation is 1. The summed E-state index contributed by atoms with van der Waals surface area (Å²) in [4.78, 5) is 31.9. The van der Waals surface area contributed by atoms with Gasteiger partial charge in [-0.3, -0.25) is 9.59 Å². The van der Waals surface area contributed by atoms with E-state index >= 15 is 0 Å². The topological polar surface area (TPSA) is 40.6 Å². The maximum absolute atomic E-state index is 13.7. The van der Waals surface area contributed by atoms with Crippen molar-refractivity contribution in [3.05, 3.63) is 99.3 Å². The molecule has 0 aliphatic carbocycles. The first kappa shape index (κ1) is 24.0. The van der Waals surface area contributed by atoms with Crippen LogP contribution < -0.4 is 0 Å². The zero-order chi connectivity index (χ0) is 24.1. The van der Waals surface area contributed by atoms with Gasteiger partial charge in [0, 0.05) is 23.5 Å². The molecular formula is C29H32N2O2S. The first-order valence-electron chi connectivity index (χ1n) is 11.9. The average molecular weight is 473 g/mol. The van der Waals surface area contributed by atoms with E-state index in [1.807, 2.05) is 55.2 Å². The average Bonchev–Trinajstić information content (AvgIpc) is 3.35. The van der Waals surface area contributed by atoms with Crippen LogP contribution in [0.15, 0.2) is 72.1 Å². The zero-order valence-corrected chi connectivity index (χ0v) is 20.9. The van der Waals surface area contributed by atoms with Gasteiger partial charge in [-0.05, 0) is 60.9 Å². The molecule has 2 heterocycles. The quantitative estimate of drug-likeness (QED) is 0.404. The molecule has 34 heavy (non-hydrogen) atoms. The van der Waals surface area contributed by atoms with Crippen molar-refractivity contribution in [2.45, 2.75) is 45.7 Å². The molecule has 1 aromatic heterocycles. The second-order valence-corrected chi connectivity index (χ2v) is 9.92. The third-order valence-electron chi connectivity index (χ3n) is 6.61. The summed E-state index contributed by atoms with van der Waals surface area (Å²) in [7, 11) is 0. The van der Waals surface area contributed by atoms with Crippen LogP contribution in [0.3, 0.4) is 0 Å². The first-order chi connectivity index (χ1) is 16.5. The Morgan fingerprint density at radius 2 is 1.85 bits per heavy atom. The number of hydrogen-bond donors (Lipinski definition) is 0. The van der Waals surface area contributed by atoms with E-state index in [0.29, 0.717) is 6.54 Å². The van der Waals surface area contributed by atoms with Gasteiger partial charge in [0.25, 0.3) is 0 Å². The molecule has 3 aromatic rings. The Balaban J connectivity index is 1.58. The summed E-state index contributed by atoms with van der Waals surface area (Å²) in [5, 5.41) is 2.11. The molecule has 0 fully saturated rings. The molecule has 4 rings (SSSR count). The molecule has 0 saturated carbocycles. The lowest BCUT2D eigenvalue weighted by Crippen LogP contribution is -2.48. The third-order valence-corrected chi connectivity index (χ3v) is 7.61. The highest BCUT2D eigenvalue weighted by molar-refractivity contribution is 7.10. The Morgan fingerprint density at radius 1 is 1.12 bits per heavy atom. The molecule has 2 unspecified atom stereocenters. The zero-order valence-electron chi connectivity index (χ0n) is 20.1. The van der Waals surface area contributed by atoms with Gasteiger partial charge in [-0.2, -0.15) is 0 Å². The van der Waals surface area contributed by atoms with Crippen LogP contribution in [-0.2, 0) is 16.0 Å². The Hall–Kier alpha value is -3.18. The second-order valence-electron chi connectivity index (χ2n) is 8.92. The molecule has 0 N–H and O–H groups in total. The number of carbonyl (C=O) groups excluding carboxylic acids is 2. The van der Waals surface area contributed by atoms with Crippen molar-refractivity contribution >= 4 is 29.2 Å². The summed E-state index contributed by atoms with van der Waals surface area (Å²) >= 11 is 1.76. The Bertz CT molecular complexity index is 1150. The van der Waals surface area contributed by atoms with Crippen molar-refractivity contribution in [3.8, 4) is 0 Å². The van der Waals surface area contributed by atoms with Gasteiger partial charge in [-0.25, -0.2) is 0 Å². The summed E-state index contributed by atoms with van der Waals surface area (Å²) in [6.07, 6.45) is 5.04. The smallest absolute Gasteiger partial charge is 0.247 e. The maximum Gasteiger partial charge on any atom is 0.247 e. The molecule has 5 heteroatoms. The van der Waals surface area contributed by atoms with Crippen LogP contribution in [0.25, 0.3) is 6.08 Å². The Kier molecular flexibility index (Phi) is 7.63. The standard InChI is InChI=1S/C29H32N2O2S/c1-4-22(3)31(27(32)15-12-23-8-6-5-7-9-23)20-28(33)30-18-16-26-25(17-19-34-26)29(30)24-13-10-21(2)11-14-24/h5-15,17,19,22,29H,4,16,18,20H2,1-3H3. The fraction of sp³-hybridized carbons (Fsp3) is 0.310. The van der Waals surface area contributed by atoms with Crippen LogP contribution in [0.1, 0.15) is 53.4 Å². The van der Waals surface area contributed by atoms with E-state index in [-0.39, 0.29) is 30.4 Å². The van der Waals surface area contributed by atoms with Crippen LogP contribution in [0, 0.1) is 6.92 Å². The molecule has 1 aliphatic rings. The fourth-order valence-electron chi connectivity index (χ4n) is 4.43. The lowest BCUT2D eigenvalue weighted by atomic mass is 9.92. The summed E-state index contributed by atoms with van der Waals surface area (Å²) in [6, 6.07) is 20.2. The van der Waals surface area contributed by atoms with Crippen molar-refractivity contribution in [2.24, 2.45) is 0 Å². The third kappa shape index (κ3) is 5.31. The van der Waals surface area contributed by atoms with Crippen LogP contribution in [0.5, 0.6) is 0 Å². The van der Waals surface area contributed by atoms with E-state index in [4.69, 9.17) is 0 Å². The van der Waals surface area contributed by atoms with E-state index in [9.17, 15) is 9.59 Å². The van der Waals surface area contributed by atoms with E-state index in [1.54, 1.807) is 22.3 Å².